The topological polar surface area (TPSA) is 147 Å². The van der Waals surface area contributed by atoms with Crippen LogP contribution in [0.15, 0.2) is 36.0 Å². The largest absolute Gasteiger partial charge is 0.481 e. The van der Waals surface area contributed by atoms with Crippen LogP contribution < -0.4 is 5.32 Å². The third kappa shape index (κ3) is 7.93. The van der Waals surface area contributed by atoms with Crippen LogP contribution in [0.5, 0.6) is 0 Å². The molecule has 1 spiro atoms. The van der Waals surface area contributed by atoms with Gasteiger partial charge in [-0.1, -0.05) is 23.8 Å². The Hall–Kier alpha value is -2.73. The number of amides is 2. The lowest BCUT2D eigenvalue weighted by molar-refractivity contribution is -0.141. The Kier molecular flexibility index (Phi) is 10.0. The highest BCUT2D eigenvalue weighted by atomic mass is 16.6. The SMILES string of the molecule is CC(/C=C/C1OCC[C@@]2(CO2)[C@@H]1O)=C\C[C@H]1CC[C@@H](NC(=O)/C=C\[C@H](C)OC(=O)N2CC[C@H](C(=O)O)C2)[C@@H](C)O1. The van der Waals surface area contributed by atoms with E-state index in [1.165, 1.54) is 17.1 Å². The van der Waals surface area contributed by atoms with Gasteiger partial charge in [0.1, 0.15) is 23.9 Å². The molecule has 0 aromatic carbocycles. The first-order valence-electron chi connectivity index (χ1n) is 14.2. The molecule has 0 saturated carbocycles. The molecule has 11 nitrogen and oxygen atoms in total. The fourth-order valence-electron chi connectivity index (χ4n) is 5.39. The normalized spacial score (nSPS) is 35.3. The lowest BCUT2D eigenvalue weighted by Gasteiger charge is -2.34. The summed E-state index contributed by atoms with van der Waals surface area (Å²) >= 11 is 0. The van der Waals surface area contributed by atoms with Gasteiger partial charge in [0, 0.05) is 25.6 Å². The van der Waals surface area contributed by atoms with Crippen LogP contribution in [0.2, 0.25) is 0 Å². The molecule has 4 aliphatic heterocycles. The van der Waals surface area contributed by atoms with Gasteiger partial charge in [0.2, 0.25) is 5.91 Å². The summed E-state index contributed by atoms with van der Waals surface area (Å²) in [7, 11) is 0. The minimum Gasteiger partial charge on any atom is -0.481 e. The van der Waals surface area contributed by atoms with E-state index < -0.39 is 35.8 Å². The molecule has 1 unspecified atom stereocenters. The van der Waals surface area contributed by atoms with E-state index in [0.717, 1.165) is 31.3 Å². The van der Waals surface area contributed by atoms with Crippen molar-refractivity contribution in [3.8, 4) is 0 Å². The van der Waals surface area contributed by atoms with Crippen molar-refractivity contribution in [3.05, 3.63) is 36.0 Å². The summed E-state index contributed by atoms with van der Waals surface area (Å²) in [6, 6.07) is -0.129. The maximum absolute atomic E-state index is 12.5. The van der Waals surface area contributed by atoms with Crippen LogP contribution in [0.3, 0.4) is 0 Å². The second-order valence-corrected chi connectivity index (χ2v) is 11.3. The Morgan fingerprint density at radius 3 is 2.67 bits per heavy atom. The van der Waals surface area contributed by atoms with Crippen molar-refractivity contribution in [3.63, 3.8) is 0 Å². The number of carbonyl (C=O) groups is 3. The summed E-state index contributed by atoms with van der Waals surface area (Å²) in [4.78, 5) is 37.1. The Balaban J connectivity index is 1.15. The van der Waals surface area contributed by atoms with Gasteiger partial charge in [-0.2, -0.15) is 0 Å². The van der Waals surface area contributed by atoms with Crippen LogP contribution in [-0.4, -0.2) is 102 Å². The molecule has 8 atom stereocenters. The van der Waals surface area contributed by atoms with Crippen molar-refractivity contribution >= 4 is 18.0 Å². The van der Waals surface area contributed by atoms with Crippen molar-refractivity contribution in [2.24, 2.45) is 5.92 Å². The van der Waals surface area contributed by atoms with Crippen molar-refractivity contribution in [1.82, 2.24) is 10.2 Å². The van der Waals surface area contributed by atoms with Crippen LogP contribution in [0.1, 0.15) is 52.9 Å². The van der Waals surface area contributed by atoms with E-state index in [2.05, 4.69) is 11.4 Å². The van der Waals surface area contributed by atoms with E-state index in [1.54, 1.807) is 6.92 Å². The van der Waals surface area contributed by atoms with Crippen molar-refractivity contribution in [2.75, 3.05) is 26.3 Å². The Bertz CT molecular complexity index is 1020. The van der Waals surface area contributed by atoms with Crippen molar-refractivity contribution < 1.29 is 43.5 Å². The molecular formula is C29H42N2O9. The molecule has 3 N–H and O–H groups in total. The van der Waals surface area contributed by atoms with Gasteiger partial charge in [-0.25, -0.2) is 4.79 Å². The molecule has 0 aliphatic carbocycles. The summed E-state index contributed by atoms with van der Waals surface area (Å²) < 4.78 is 22.6. The van der Waals surface area contributed by atoms with Crippen LogP contribution in [0.25, 0.3) is 0 Å². The first-order valence-corrected chi connectivity index (χ1v) is 14.2. The van der Waals surface area contributed by atoms with Crippen molar-refractivity contribution in [2.45, 2.75) is 95.0 Å². The molecule has 4 saturated heterocycles. The molecule has 0 bridgehead atoms. The van der Waals surface area contributed by atoms with Gasteiger partial charge in [-0.15, -0.1) is 0 Å². The Labute approximate surface area is 235 Å². The number of likely N-dealkylation sites (tertiary alicyclic amines) is 1. The predicted octanol–water partition coefficient (Wildman–Crippen LogP) is 2.34. The molecule has 0 radical (unpaired) electrons. The number of ether oxygens (including phenoxy) is 4. The lowest BCUT2D eigenvalue weighted by atomic mass is 9.92. The maximum atomic E-state index is 12.5. The number of aliphatic hydroxyl groups is 1. The Morgan fingerprint density at radius 2 is 2.00 bits per heavy atom. The highest BCUT2D eigenvalue weighted by Gasteiger charge is 2.55. The molecule has 0 aromatic rings. The third-order valence-corrected chi connectivity index (χ3v) is 8.15. The van der Waals surface area contributed by atoms with Gasteiger partial charge in [0.05, 0.1) is 37.4 Å². The molecule has 4 fully saturated rings. The second-order valence-electron chi connectivity index (χ2n) is 11.3. The first-order chi connectivity index (χ1) is 19.1. The van der Waals surface area contributed by atoms with E-state index in [9.17, 15) is 19.5 Å². The predicted molar refractivity (Wildman–Crippen MR) is 144 cm³/mol. The summed E-state index contributed by atoms with van der Waals surface area (Å²) in [5.41, 5.74) is 0.650. The van der Waals surface area contributed by atoms with Gasteiger partial charge in [-0.05, 0) is 52.5 Å². The van der Waals surface area contributed by atoms with Crippen LogP contribution in [0, 0.1) is 5.92 Å². The zero-order chi connectivity index (χ0) is 28.9. The number of carboxylic acids is 1. The molecule has 4 heterocycles. The second kappa shape index (κ2) is 13.3. The van der Waals surface area contributed by atoms with E-state index in [4.69, 9.17) is 24.1 Å². The van der Waals surface area contributed by atoms with Gasteiger partial charge in [0.15, 0.2) is 0 Å². The quantitative estimate of drug-likeness (QED) is 0.219. The number of rotatable bonds is 9. The summed E-state index contributed by atoms with van der Waals surface area (Å²) in [6.07, 6.45) is 9.96. The molecule has 4 aliphatic rings. The third-order valence-electron chi connectivity index (χ3n) is 8.15. The zero-order valence-electron chi connectivity index (χ0n) is 23.5. The highest BCUT2D eigenvalue weighted by molar-refractivity contribution is 5.87. The van der Waals surface area contributed by atoms with Gasteiger partial charge < -0.3 is 39.4 Å². The molecule has 40 heavy (non-hydrogen) atoms. The molecular weight excluding hydrogens is 520 g/mol. The van der Waals surface area contributed by atoms with E-state index in [1.807, 2.05) is 26.0 Å². The van der Waals surface area contributed by atoms with E-state index in [0.29, 0.717) is 26.2 Å². The van der Waals surface area contributed by atoms with E-state index >= 15 is 0 Å². The monoisotopic (exact) mass is 562 g/mol. The van der Waals surface area contributed by atoms with Crippen LogP contribution >= 0.6 is 0 Å². The van der Waals surface area contributed by atoms with Gasteiger partial charge in [0.25, 0.3) is 0 Å². The average Bonchev–Trinajstić information content (AvgIpc) is 3.50. The maximum Gasteiger partial charge on any atom is 0.410 e. The smallest absolute Gasteiger partial charge is 0.410 e. The first kappa shape index (κ1) is 30.2. The van der Waals surface area contributed by atoms with Crippen LogP contribution in [-0.2, 0) is 28.5 Å². The number of nitrogens with zero attached hydrogens (tertiary/aromatic N) is 1. The molecule has 222 valence electrons. The van der Waals surface area contributed by atoms with Gasteiger partial charge >= 0.3 is 12.1 Å². The fourth-order valence-corrected chi connectivity index (χ4v) is 5.39. The minimum absolute atomic E-state index is 0.0486. The number of hydrogen-bond donors (Lipinski definition) is 3. The molecule has 0 aromatic heterocycles. The lowest BCUT2D eigenvalue weighted by Crippen LogP contribution is -2.47. The average molecular weight is 563 g/mol. The zero-order valence-corrected chi connectivity index (χ0v) is 23.5. The molecule has 4 rings (SSSR count). The number of hydrogen-bond acceptors (Lipinski definition) is 8. The number of nitrogens with one attached hydrogen (secondary N) is 1. The summed E-state index contributed by atoms with van der Waals surface area (Å²) in [6.45, 7) is 7.25. The number of aliphatic carboxylic acids is 1. The standard InChI is InChI=1S/C29H42N2O9/c1-18(5-10-24-26(33)29(17-38-29)13-15-37-24)4-7-22-8-9-23(20(3)40-22)30-25(32)11-6-19(2)39-28(36)31-14-12-21(16-31)27(34)35/h4-6,10-11,19-24,26,33H,7-9,12-17H2,1-3H3,(H,30,32)(H,34,35)/b10-5+,11-6-,18-4+/t19-,20+,21-,22-,23+,24?,26+,29+/m0/s1. The highest BCUT2D eigenvalue weighted by Crippen LogP contribution is 2.40. The number of carboxylic acid groups (broad SMARTS) is 1. The number of epoxide rings is 1. The number of carbonyl (C=O) groups excluding carboxylic acids is 2. The summed E-state index contributed by atoms with van der Waals surface area (Å²) in [5, 5.41) is 22.5. The fraction of sp³-hybridized carbons (Fsp3) is 0.690. The van der Waals surface area contributed by atoms with E-state index in [-0.39, 0.29) is 36.8 Å². The summed E-state index contributed by atoms with van der Waals surface area (Å²) in [5.74, 6) is -1.78. The molecule has 11 heteroatoms. The number of aliphatic hydroxyl groups excluding tert-OH is 1. The molecule has 2 amide bonds. The van der Waals surface area contributed by atoms with Gasteiger partial charge in [-0.3, -0.25) is 9.59 Å². The van der Waals surface area contributed by atoms with Crippen molar-refractivity contribution in [1.29, 1.82) is 0 Å². The minimum atomic E-state index is -0.916. The Morgan fingerprint density at radius 1 is 1.23 bits per heavy atom. The number of allylic oxidation sites excluding steroid dienone is 2. The van der Waals surface area contributed by atoms with Crippen LogP contribution in [0.4, 0.5) is 4.79 Å².